The third kappa shape index (κ3) is 4.15. The van der Waals surface area contributed by atoms with Gasteiger partial charge in [0.25, 0.3) is 0 Å². The Morgan fingerprint density at radius 2 is 0.818 bits per heavy atom. The quantitative estimate of drug-likeness (QED) is 0.202. The molecule has 0 fully saturated rings. The molecule has 9 aromatic rings. The fourth-order valence-electron chi connectivity index (χ4n) is 6.22. The lowest BCUT2D eigenvalue weighted by molar-refractivity contribution is 1.33. The zero-order chi connectivity index (χ0) is 29.0. The molecule has 0 radical (unpaired) electrons. The van der Waals surface area contributed by atoms with Crippen LogP contribution in [0.15, 0.2) is 146 Å². The van der Waals surface area contributed by atoms with Gasteiger partial charge in [-0.3, -0.25) is 9.97 Å². The number of thiophene rings is 2. The van der Waals surface area contributed by atoms with E-state index in [4.69, 9.17) is 9.97 Å². The van der Waals surface area contributed by atoms with Gasteiger partial charge in [-0.2, -0.15) is 0 Å². The van der Waals surface area contributed by atoms with Crippen molar-refractivity contribution in [3.8, 4) is 44.8 Å². The van der Waals surface area contributed by atoms with Crippen molar-refractivity contribution in [2.45, 2.75) is 0 Å². The Balaban J connectivity index is 1.03. The summed E-state index contributed by atoms with van der Waals surface area (Å²) >= 11 is 3.68. The molecule has 4 heteroatoms. The van der Waals surface area contributed by atoms with Crippen LogP contribution in [0.25, 0.3) is 85.1 Å². The highest BCUT2D eigenvalue weighted by Crippen LogP contribution is 2.41. The second-order valence-electron chi connectivity index (χ2n) is 11.0. The van der Waals surface area contributed by atoms with Crippen molar-refractivity contribution >= 4 is 63.0 Å². The predicted octanol–water partition coefficient (Wildman–Crippen LogP) is 11.9. The molecule has 0 amide bonds. The summed E-state index contributed by atoms with van der Waals surface area (Å²) in [4.78, 5) is 9.86. The molecule has 5 aromatic carbocycles. The van der Waals surface area contributed by atoms with Crippen LogP contribution in [0.5, 0.6) is 0 Å². The molecule has 9 rings (SSSR count). The maximum absolute atomic E-state index is 4.93. The average Bonchev–Trinajstić information content (AvgIpc) is 3.67. The van der Waals surface area contributed by atoms with Gasteiger partial charge in [-0.25, -0.2) is 0 Å². The fraction of sp³-hybridized carbons (Fsp3) is 0. The van der Waals surface area contributed by atoms with Gasteiger partial charge in [-0.05, 0) is 41.5 Å². The molecule has 0 unspecified atom stereocenters. The molecule has 0 bridgehead atoms. The second-order valence-corrected chi connectivity index (χ2v) is 13.1. The number of hydrogen-bond acceptors (Lipinski definition) is 4. The van der Waals surface area contributed by atoms with Gasteiger partial charge in [-0.15, -0.1) is 22.7 Å². The normalized spacial score (nSPS) is 11.6. The third-order valence-corrected chi connectivity index (χ3v) is 10.9. The van der Waals surface area contributed by atoms with E-state index in [9.17, 15) is 0 Å². The van der Waals surface area contributed by atoms with E-state index in [1.807, 2.05) is 35.1 Å². The number of fused-ring (bicyclic) bond motifs is 6. The number of aromatic nitrogens is 2. The molecule has 44 heavy (non-hydrogen) atoms. The van der Waals surface area contributed by atoms with Crippen LogP contribution in [0, 0.1) is 0 Å². The number of benzene rings is 5. The van der Waals surface area contributed by atoms with E-state index in [1.165, 1.54) is 51.5 Å². The van der Waals surface area contributed by atoms with Gasteiger partial charge in [0.2, 0.25) is 0 Å². The minimum absolute atomic E-state index is 0.996. The lowest BCUT2D eigenvalue weighted by Gasteiger charge is -2.09. The summed E-state index contributed by atoms with van der Waals surface area (Å²) in [5, 5.41) is 5.20. The summed E-state index contributed by atoms with van der Waals surface area (Å²) < 4.78 is 5.19. The highest BCUT2D eigenvalue weighted by Gasteiger charge is 2.13. The summed E-state index contributed by atoms with van der Waals surface area (Å²) in [5.41, 5.74) is 8.83. The Morgan fingerprint density at radius 1 is 0.364 bits per heavy atom. The number of rotatable bonds is 4. The Morgan fingerprint density at radius 3 is 1.30 bits per heavy atom. The molecule has 0 atom stereocenters. The first-order chi connectivity index (χ1) is 21.8. The molecular weight excluding hydrogens is 573 g/mol. The zero-order valence-electron chi connectivity index (χ0n) is 23.6. The van der Waals surface area contributed by atoms with Gasteiger partial charge in [0, 0.05) is 75.0 Å². The lowest BCUT2D eigenvalue weighted by Crippen LogP contribution is -1.88. The van der Waals surface area contributed by atoms with Crippen molar-refractivity contribution in [3.63, 3.8) is 0 Å². The molecule has 206 valence electrons. The molecule has 0 aliphatic carbocycles. The Bertz CT molecular complexity index is 2310. The highest BCUT2D eigenvalue weighted by molar-refractivity contribution is 7.26. The monoisotopic (exact) mass is 596 g/mol. The van der Waals surface area contributed by atoms with Gasteiger partial charge in [-0.1, -0.05) is 103 Å². The van der Waals surface area contributed by atoms with Gasteiger partial charge in [0.1, 0.15) is 0 Å². The van der Waals surface area contributed by atoms with Crippen LogP contribution in [0.2, 0.25) is 0 Å². The van der Waals surface area contributed by atoms with Gasteiger partial charge in [0.05, 0.1) is 11.4 Å². The fourth-order valence-corrected chi connectivity index (χ4v) is 8.67. The van der Waals surface area contributed by atoms with Crippen molar-refractivity contribution < 1.29 is 0 Å². The van der Waals surface area contributed by atoms with Gasteiger partial charge < -0.3 is 0 Å². The molecular formula is C40H24N2S2. The Hall–Kier alpha value is -5.16. The molecule has 2 nitrogen and oxygen atoms in total. The van der Waals surface area contributed by atoms with Crippen molar-refractivity contribution in [2.24, 2.45) is 0 Å². The van der Waals surface area contributed by atoms with Crippen molar-refractivity contribution in [2.75, 3.05) is 0 Å². The van der Waals surface area contributed by atoms with Crippen LogP contribution in [-0.4, -0.2) is 9.97 Å². The SMILES string of the molecule is c1cc(-c2ccc(-c3cccc4c3sc3ccccc34)nc2)cc(-c2ccc(-c3cccc4c3sc3ccccc34)nc2)c1. The van der Waals surface area contributed by atoms with E-state index in [0.29, 0.717) is 0 Å². The van der Waals surface area contributed by atoms with E-state index in [-0.39, 0.29) is 0 Å². The molecule has 0 aliphatic heterocycles. The van der Waals surface area contributed by atoms with Crippen LogP contribution in [-0.2, 0) is 0 Å². The Kier molecular flexibility index (Phi) is 5.90. The summed E-state index contributed by atoms with van der Waals surface area (Å²) in [7, 11) is 0. The van der Waals surface area contributed by atoms with Gasteiger partial charge >= 0.3 is 0 Å². The van der Waals surface area contributed by atoms with Crippen LogP contribution in [0.4, 0.5) is 0 Å². The molecule has 0 saturated heterocycles. The summed E-state index contributed by atoms with van der Waals surface area (Å²) in [6.07, 6.45) is 3.99. The van der Waals surface area contributed by atoms with Crippen LogP contribution in [0.3, 0.4) is 0 Å². The first-order valence-corrected chi connectivity index (χ1v) is 16.3. The standard InChI is InChI=1S/C40H24N2S2/c1-3-16-37-29(10-1)31-12-6-14-33(39(31)43-37)35-20-18-27(23-41-35)25-8-5-9-26(22-25)28-19-21-36(42-24-28)34-15-7-13-32-30-11-2-4-17-38(30)44-40(32)34/h1-24H. The van der Waals surface area contributed by atoms with Crippen molar-refractivity contribution in [1.29, 1.82) is 0 Å². The lowest BCUT2D eigenvalue weighted by atomic mass is 9.99. The molecule has 0 aliphatic rings. The molecule has 0 saturated carbocycles. The van der Waals surface area contributed by atoms with E-state index in [1.54, 1.807) is 0 Å². The summed E-state index contributed by atoms with van der Waals surface area (Å²) in [6.45, 7) is 0. The third-order valence-electron chi connectivity index (χ3n) is 8.42. The van der Waals surface area contributed by atoms with E-state index in [0.717, 1.165) is 33.6 Å². The maximum Gasteiger partial charge on any atom is 0.0716 e. The van der Waals surface area contributed by atoms with E-state index < -0.39 is 0 Å². The summed E-state index contributed by atoms with van der Waals surface area (Å²) in [6, 6.07) is 47.6. The van der Waals surface area contributed by atoms with Crippen molar-refractivity contribution in [1.82, 2.24) is 9.97 Å². The topological polar surface area (TPSA) is 25.8 Å². The minimum atomic E-state index is 0.996. The smallest absolute Gasteiger partial charge is 0.0716 e. The Labute approximate surface area is 262 Å². The van der Waals surface area contributed by atoms with Crippen LogP contribution in [0.1, 0.15) is 0 Å². The first-order valence-electron chi connectivity index (χ1n) is 14.6. The van der Waals surface area contributed by atoms with Gasteiger partial charge in [0.15, 0.2) is 0 Å². The zero-order valence-corrected chi connectivity index (χ0v) is 25.2. The molecule has 0 N–H and O–H groups in total. The van der Waals surface area contributed by atoms with E-state index in [2.05, 4.69) is 133 Å². The predicted molar refractivity (Wildman–Crippen MR) is 190 cm³/mol. The van der Waals surface area contributed by atoms with Crippen LogP contribution < -0.4 is 0 Å². The highest BCUT2D eigenvalue weighted by atomic mass is 32.1. The first kappa shape index (κ1) is 25.3. The molecule has 4 heterocycles. The average molecular weight is 597 g/mol. The summed E-state index contributed by atoms with van der Waals surface area (Å²) in [5.74, 6) is 0. The second kappa shape index (κ2) is 10.2. The maximum atomic E-state index is 4.93. The van der Waals surface area contributed by atoms with E-state index >= 15 is 0 Å². The number of pyridine rings is 2. The van der Waals surface area contributed by atoms with Crippen LogP contribution >= 0.6 is 22.7 Å². The number of nitrogens with zero attached hydrogens (tertiary/aromatic N) is 2. The minimum Gasteiger partial charge on any atom is -0.256 e. The molecule has 4 aromatic heterocycles. The van der Waals surface area contributed by atoms with Crippen molar-refractivity contribution in [3.05, 3.63) is 146 Å². The number of hydrogen-bond donors (Lipinski definition) is 0. The molecule has 0 spiro atoms. The largest absolute Gasteiger partial charge is 0.256 e.